The van der Waals surface area contributed by atoms with Gasteiger partial charge in [0.2, 0.25) is 5.91 Å². The van der Waals surface area contributed by atoms with Crippen molar-refractivity contribution in [1.29, 1.82) is 0 Å². The smallest absolute Gasteiger partial charge is 0.348 e. The van der Waals surface area contributed by atoms with Gasteiger partial charge in [-0.2, -0.15) is 13.2 Å². The number of aromatic nitrogens is 1. The molecule has 0 fully saturated rings. The molecular formula is C14H16F3N3O. The number of nitrogens with one attached hydrogen (secondary N) is 2. The summed E-state index contributed by atoms with van der Waals surface area (Å²) in [5.74, 6) is -0.506. The van der Waals surface area contributed by atoms with Crippen LogP contribution in [0.25, 0.3) is 10.9 Å². The second-order valence-electron chi connectivity index (χ2n) is 4.64. The fourth-order valence-electron chi connectivity index (χ4n) is 2.06. The van der Waals surface area contributed by atoms with Crippen LogP contribution in [0.2, 0.25) is 0 Å². The summed E-state index contributed by atoms with van der Waals surface area (Å²) in [7, 11) is 0. The van der Waals surface area contributed by atoms with E-state index in [1.54, 1.807) is 12.1 Å². The van der Waals surface area contributed by atoms with Crippen LogP contribution in [0.5, 0.6) is 0 Å². The molecule has 21 heavy (non-hydrogen) atoms. The van der Waals surface area contributed by atoms with E-state index in [0.29, 0.717) is 5.69 Å². The van der Waals surface area contributed by atoms with Crippen molar-refractivity contribution in [1.82, 2.24) is 9.88 Å². The van der Waals surface area contributed by atoms with Gasteiger partial charge >= 0.3 is 6.18 Å². The maximum Gasteiger partial charge on any atom is 0.401 e. The molecule has 1 aromatic carbocycles. The second kappa shape index (κ2) is 6.17. The van der Waals surface area contributed by atoms with E-state index in [0.717, 1.165) is 17.4 Å². The predicted octanol–water partition coefficient (Wildman–Crippen LogP) is 2.75. The SMILES string of the molecule is CCn1ccc2ccc(NC(=O)CNCC(F)(F)F)cc21. The molecule has 0 bridgehead atoms. The Labute approximate surface area is 119 Å². The number of aryl methyl sites for hydroxylation is 1. The number of anilines is 1. The third-order valence-electron chi connectivity index (χ3n) is 3.01. The first-order valence-electron chi connectivity index (χ1n) is 6.55. The van der Waals surface area contributed by atoms with Crippen LogP contribution >= 0.6 is 0 Å². The van der Waals surface area contributed by atoms with Crippen molar-refractivity contribution < 1.29 is 18.0 Å². The van der Waals surface area contributed by atoms with Crippen molar-refractivity contribution >= 4 is 22.5 Å². The number of nitrogens with zero attached hydrogens (tertiary/aromatic N) is 1. The number of fused-ring (bicyclic) bond motifs is 1. The molecule has 0 saturated carbocycles. The number of alkyl halides is 3. The Balaban J connectivity index is 1.97. The van der Waals surface area contributed by atoms with Crippen molar-refractivity contribution in [3.63, 3.8) is 0 Å². The minimum atomic E-state index is -4.32. The average molecular weight is 299 g/mol. The van der Waals surface area contributed by atoms with Gasteiger partial charge in [-0.1, -0.05) is 6.07 Å². The summed E-state index contributed by atoms with van der Waals surface area (Å²) in [4.78, 5) is 11.6. The summed E-state index contributed by atoms with van der Waals surface area (Å²) in [6.45, 7) is 1.24. The van der Waals surface area contributed by atoms with Crippen LogP contribution in [0.1, 0.15) is 6.92 Å². The molecule has 7 heteroatoms. The van der Waals surface area contributed by atoms with Gasteiger partial charge in [0, 0.05) is 18.4 Å². The van der Waals surface area contributed by atoms with Crippen LogP contribution in [0.15, 0.2) is 30.5 Å². The summed E-state index contributed by atoms with van der Waals surface area (Å²) in [6.07, 6.45) is -2.37. The number of hydrogen-bond acceptors (Lipinski definition) is 2. The van der Waals surface area contributed by atoms with Gasteiger partial charge in [0.05, 0.1) is 18.6 Å². The van der Waals surface area contributed by atoms with E-state index in [-0.39, 0.29) is 6.54 Å². The molecule has 0 aliphatic heterocycles. The van der Waals surface area contributed by atoms with Crippen LogP contribution in [0, 0.1) is 0 Å². The number of carbonyl (C=O) groups excluding carboxylic acids is 1. The van der Waals surface area contributed by atoms with E-state index < -0.39 is 18.6 Å². The lowest BCUT2D eigenvalue weighted by molar-refractivity contribution is -0.126. The topological polar surface area (TPSA) is 46.1 Å². The number of benzene rings is 1. The molecule has 1 aromatic heterocycles. The molecule has 2 N–H and O–H groups in total. The quantitative estimate of drug-likeness (QED) is 0.892. The van der Waals surface area contributed by atoms with Crippen molar-refractivity contribution in [2.24, 2.45) is 0 Å². The van der Waals surface area contributed by atoms with E-state index in [1.807, 2.05) is 29.8 Å². The van der Waals surface area contributed by atoms with E-state index in [4.69, 9.17) is 0 Å². The minimum Gasteiger partial charge on any atom is -0.348 e. The van der Waals surface area contributed by atoms with Gasteiger partial charge < -0.3 is 15.2 Å². The molecule has 0 aliphatic carbocycles. The van der Waals surface area contributed by atoms with Crippen molar-refractivity contribution in [2.75, 3.05) is 18.4 Å². The van der Waals surface area contributed by atoms with Gasteiger partial charge in [-0.25, -0.2) is 0 Å². The van der Waals surface area contributed by atoms with Gasteiger partial charge in [-0.3, -0.25) is 4.79 Å². The lowest BCUT2D eigenvalue weighted by Crippen LogP contribution is -2.35. The van der Waals surface area contributed by atoms with E-state index in [1.165, 1.54) is 0 Å². The number of hydrogen-bond donors (Lipinski definition) is 2. The zero-order valence-corrected chi connectivity index (χ0v) is 11.5. The predicted molar refractivity (Wildman–Crippen MR) is 75.2 cm³/mol. The van der Waals surface area contributed by atoms with Crippen molar-refractivity contribution in [2.45, 2.75) is 19.6 Å². The van der Waals surface area contributed by atoms with Gasteiger partial charge in [0.15, 0.2) is 0 Å². The molecule has 114 valence electrons. The Morgan fingerprint density at radius 2 is 2.05 bits per heavy atom. The Hall–Kier alpha value is -2.02. The minimum absolute atomic E-state index is 0.383. The van der Waals surface area contributed by atoms with Crippen LogP contribution in [-0.4, -0.2) is 29.7 Å². The first-order valence-corrected chi connectivity index (χ1v) is 6.55. The van der Waals surface area contributed by atoms with E-state index in [9.17, 15) is 18.0 Å². The lowest BCUT2D eigenvalue weighted by atomic mass is 10.2. The first kappa shape index (κ1) is 15.4. The number of rotatable bonds is 5. The summed E-state index contributed by atoms with van der Waals surface area (Å²) in [6, 6.07) is 7.36. The fourth-order valence-corrected chi connectivity index (χ4v) is 2.06. The average Bonchev–Trinajstić information content (AvgIpc) is 2.79. The normalized spacial score (nSPS) is 11.8. The van der Waals surface area contributed by atoms with Gasteiger partial charge in [-0.05, 0) is 30.5 Å². The Morgan fingerprint density at radius 3 is 2.71 bits per heavy atom. The monoisotopic (exact) mass is 299 g/mol. The van der Waals surface area contributed by atoms with Crippen molar-refractivity contribution in [3.8, 4) is 0 Å². The van der Waals surface area contributed by atoms with E-state index in [2.05, 4.69) is 10.6 Å². The zero-order chi connectivity index (χ0) is 15.5. The molecule has 2 rings (SSSR count). The van der Waals surface area contributed by atoms with E-state index >= 15 is 0 Å². The van der Waals surface area contributed by atoms with Crippen molar-refractivity contribution in [3.05, 3.63) is 30.5 Å². The molecule has 0 saturated heterocycles. The molecular weight excluding hydrogens is 283 g/mol. The third kappa shape index (κ3) is 4.22. The van der Waals surface area contributed by atoms with Crippen LogP contribution in [-0.2, 0) is 11.3 Å². The Bertz CT molecular complexity index is 634. The summed E-state index contributed by atoms with van der Waals surface area (Å²) < 4.78 is 37.9. The molecule has 0 atom stereocenters. The fraction of sp³-hybridized carbons (Fsp3) is 0.357. The number of amides is 1. The van der Waals surface area contributed by atoms with Crippen LogP contribution in [0.4, 0.5) is 18.9 Å². The maximum absolute atomic E-state index is 12.0. The third-order valence-corrected chi connectivity index (χ3v) is 3.01. The molecule has 1 amide bonds. The number of halogens is 3. The lowest BCUT2D eigenvalue weighted by Gasteiger charge is -2.09. The summed E-state index contributed by atoms with van der Waals surface area (Å²) >= 11 is 0. The Morgan fingerprint density at radius 1 is 1.29 bits per heavy atom. The molecule has 2 aromatic rings. The summed E-state index contributed by atoms with van der Waals surface area (Å²) in [5, 5.41) is 5.68. The van der Waals surface area contributed by atoms with Gasteiger partial charge in [-0.15, -0.1) is 0 Å². The highest BCUT2D eigenvalue weighted by atomic mass is 19.4. The standard InChI is InChI=1S/C14H16F3N3O/c1-2-20-6-5-10-3-4-11(7-12(10)20)19-13(21)8-18-9-14(15,16)17/h3-7,18H,2,8-9H2,1H3,(H,19,21). The molecule has 0 unspecified atom stereocenters. The highest BCUT2D eigenvalue weighted by Gasteiger charge is 2.26. The Kier molecular flexibility index (Phi) is 4.52. The largest absolute Gasteiger partial charge is 0.401 e. The highest BCUT2D eigenvalue weighted by molar-refractivity contribution is 5.94. The first-order chi connectivity index (χ1) is 9.89. The van der Waals surface area contributed by atoms with Crippen LogP contribution in [0.3, 0.4) is 0 Å². The molecule has 1 heterocycles. The second-order valence-corrected chi connectivity index (χ2v) is 4.64. The number of carbonyl (C=O) groups is 1. The molecule has 0 radical (unpaired) electrons. The van der Waals surface area contributed by atoms with Crippen LogP contribution < -0.4 is 10.6 Å². The molecule has 0 aliphatic rings. The molecule has 4 nitrogen and oxygen atoms in total. The maximum atomic E-state index is 12.0. The molecule has 0 spiro atoms. The van der Waals surface area contributed by atoms with Gasteiger partial charge in [0.25, 0.3) is 0 Å². The zero-order valence-electron chi connectivity index (χ0n) is 11.5. The summed E-state index contributed by atoms with van der Waals surface area (Å²) in [5.41, 5.74) is 1.54. The van der Waals surface area contributed by atoms with Gasteiger partial charge in [0.1, 0.15) is 0 Å². The highest BCUT2D eigenvalue weighted by Crippen LogP contribution is 2.20.